The maximum Gasteiger partial charge on any atom is 0.387 e. The number of rotatable bonds is 5. The minimum atomic E-state index is -2.96. The molecule has 0 saturated carbocycles. The van der Waals surface area contributed by atoms with E-state index in [0.29, 0.717) is 16.7 Å². The van der Waals surface area contributed by atoms with E-state index >= 15 is 0 Å². The van der Waals surface area contributed by atoms with E-state index in [-0.39, 0.29) is 23.1 Å². The van der Waals surface area contributed by atoms with Crippen LogP contribution in [0.4, 0.5) is 8.78 Å². The molecule has 3 aromatic rings. The summed E-state index contributed by atoms with van der Waals surface area (Å²) in [5.74, 6) is -1.39. The second kappa shape index (κ2) is 6.72. The van der Waals surface area contributed by atoms with Gasteiger partial charge in [-0.15, -0.1) is 0 Å². The van der Waals surface area contributed by atoms with Crippen LogP contribution < -0.4 is 4.74 Å². The minimum absolute atomic E-state index is 0.00619. The highest BCUT2D eigenvalue weighted by atomic mass is 19.3. The Kier molecular flexibility index (Phi) is 4.47. The molecule has 0 aliphatic carbocycles. The predicted octanol–water partition coefficient (Wildman–Crippen LogP) is 4.62. The number of benzene rings is 2. The number of aromatic nitrogens is 1. The van der Waals surface area contributed by atoms with E-state index in [0.717, 1.165) is 0 Å². The Morgan fingerprint density at radius 1 is 1.16 bits per heavy atom. The van der Waals surface area contributed by atoms with Crippen molar-refractivity contribution >= 4 is 5.97 Å². The van der Waals surface area contributed by atoms with E-state index in [9.17, 15) is 13.6 Å². The topological polar surface area (TPSA) is 72.6 Å². The van der Waals surface area contributed by atoms with Gasteiger partial charge in [0.25, 0.3) is 0 Å². The van der Waals surface area contributed by atoms with Crippen molar-refractivity contribution in [1.82, 2.24) is 4.98 Å². The summed E-state index contributed by atoms with van der Waals surface area (Å²) >= 11 is 0. The number of carboxylic acid groups (broad SMARTS) is 1. The number of carbonyl (C=O) groups is 1. The molecule has 0 atom stereocenters. The fraction of sp³-hybridized carbons (Fsp3) is 0.111. The molecule has 0 aliphatic rings. The Bertz CT molecular complexity index is 907. The van der Waals surface area contributed by atoms with Gasteiger partial charge in [-0.2, -0.15) is 8.78 Å². The second-order valence-electron chi connectivity index (χ2n) is 5.19. The SMILES string of the molecule is Cc1nc(-c2ccc(OC(F)F)c(-c3ccccc3)c2)oc1C(=O)O. The maximum absolute atomic E-state index is 12.7. The van der Waals surface area contributed by atoms with E-state index in [1.54, 1.807) is 36.4 Å². The maximum atomic E-state index is 12.7. The lowest BCUT2D eigenvalue weighted by Gasteiger charge is -2.12. The summed E-state index contributed by atoms with van der Waals surface area (Å²) in [7, 11) is 0. The molecule has 1 N–H and O–H groups in total. The molecule has 0 unspecified atom stereocenters. The lowest BCUT2D eigenvalue weighted by Crippen LogP contribution is -2.03. The molecule has 0 saturated heterocycles. The summed E-state index contributed by atoms with van der Waals surface area (Å²) in [4.78, 5) is 15.2. The molecule has 3 rings (SSSR count). The molecule has 25 heavy (non-hydrogen) atoms. The summed E-state index contributed by atoms with van der Waals surface area (Å²) in [6.45, 7) is -1.45. The zero-order valence-electron chi connectivity index (χ0n) is 13.1. The summed E-state index contributed by atoms with van der Waals surface area (Å²) in [5, 5.41) is 9.06. The van der Waals surface area contributed by atoms with E-state index < -0.39 is 12.6 Å². The molecule has 2 aromatic carbocycles. The predicted molar refractivity (Wildman–Crippen MR) is 85.7 cm³/mol. The van der Waals surface area contributed by atoms with Crippen LogP contribution in [0.3, 0.4) is 0 Å². The van der Waals surface area contributed by atoms with Gasteiger partial charge >= 0.3 is 12.6 Å². The van der Waals surface area contributed by atoms with Gasteiger partial charge in [-0.25, -0.2) is 9.78 Å². The summed E-state index contributed by atoms with van der Waals surface area (Å²) < 4.78 is 35.2. The summed E-state index contributed by atoms with van der Waals surface area (Å²) in [6.07, 6.45) is 0. The fourth-order valence-corrected chi connectivity index (χ4v) is 2.42. The molecule has 0 bridgehead atoms. The monoisotopic (exact) mass is 345 g/mol. The standard InChI is InChI=1S/C18H13F2NO4/c1-10-15(17(22)23)25-16(21-10)12-7-8-14(24-18(19)20)13(9-12)11-5-3-2-4-6-11/h2-9,18H,1H3,(H,22,23). The van der Waals surface area contributed by atoms with Gasteiger partial charge in [0.2, 0.25) is 11.7 Å². The number of nitrogens with zero attached hydrogens (tertiary/aromatic N) is 1. The normalized spacial score (nSPS) is 10.9. The highest BCUT2D eigenvalue weighted by molar-refractivity contribution is 5.86. The van der Waals surface area contributed by atoms with Crippen LogP contribution in [0.2, 0.25) is 0 Å². The molecular formula is C18H13F2NO4. The van der Waals surface area contributed by atoms with Crippen molar-refractivity contribution in [2.75, 3.05) is 0 Å². The lowest BCUT2D eigenvalue weighted by molar-refractivity contribution is -0.0494. The second-order valence-corrected chi connectivity index (χ2v) is 5.19. The minimum Gasteiger partial charge on any atom is -0.475 e. The van der Waals surface area contributed by atoms with Gasteiger partial charge < -0.3 is 14.3 Å². The van der Waals surface area contributed by atoms with Gasteiger partial charge in [0.05, 0.1) is 5.69 Å². The molecule has 0 fully saturated rings. The molecule has 0 radical (unpaired) electrons. The molecule has 1 heterocycles. The third-order valence-electron chi connectivity index (χ3n) is 3.52. The number of aromatic carboxylic acids is 1. The van der Waals surface area contributed by atoms with Crippen LogP contribution in [0.1, 0.15) is 16.2 Å². The van der Waals surface area contributed by atoms with Crippen LogP contribution in [-0.4, -0.2) is 22.7 Å². The van der Waals surface area contributed by atoms with Crippen molar-refractivity contribution in [3.63, 3.8) is 0 Å². The smallest absolute Gasteiger partial charge is 0.387 e. The number of oxazole rings is 1. The van der Waals surface area contributed by atoms with Gasteiger partial charge in [-0.1, -0.05) is 30.3 Å². The first-order chi connectivity index (χ1) is 12.0. The highest BCUT2D eigenvalue weighted by Gasteiger charge is 2.19. The number of alkyl halides is 2. The largest absolute Gasteiger partial charge is 0.475 e. The van der Waals surface area contributed by atoms with Crippen LogP contribution >= 0.6 is 0 Å². The van der Waals surface area contributed by atoms with Crippen molar-refractivity contribution in [3.8, 4) is 28.3 Å². The molecular weight excluding hydrogens is 332 g/mol. The number of hydrogen-bond acceptors (Lipinski definition) is 4. The molecule has 128 valence electrons. The first kappa shape index (κ1) is 16.6. The van der Waals surface area contributed by atoms with Crippen molar-refractivity contribution in [1.29, 1.82) is 0 Å². The van der Waals surface area contributed by atoms with E-state index in [1.807, 2.05) is 0 Å². The van der Waals surface area contributed by atoms with Gasteiger partial charge in [0.15, 0.2) is 0 Å². The Morgan fingerprint density at radius 2 is 1.88 bits per heavy atom. The first-order valence-electron chi connectivity index (χ1n) is 7.31. The van der Waals surface area contributed by atoms with Crippen LogP contribution in [0.15, 0.2) is 52.9 Å². The van der Waals surface area contributed by atoms with Crippen LogP contribution in [0.5, 0.6) is 5.75 Å². The van der Waals surface area contributed by atoms with Gasteiger partial charge in [0, 0.05) is 11.1 Å². The molecule has 0 aliphatic heterocycles. The van der Waals surface area contributed by atoms with Gasteiger partial charge in [0.1, 0.15) is 5.75 Å². The van der Waals surface area contributed by atoms with Crippen LogP contribution in [0, 0.1) is 6.92 Å². The molecule has 7 heteroatoms. The number of aryl methyl sites for hydroxylation is 1. The summed E-state index contributed by atoms with van der Waals surface area (Å²) in [5.41, 5.74) is 1.78. The average Bonchev–Trinajstić information content (AvgIpc) is 2.97. The first-order valence-corrected chi connectivity index (χ1v) is 7.31. The Balaban J connectivity index is 2.11. The third-order valence-corrected chi connectivity index (χ3v) is 3.52. The fourth-order valence-electron chi connectivity index (χ4n) is 2.42. The number of halogens is 2. The molecule has 0 spiro atoms. The lowest BCUT2D eigenvalue weighted by atomic mass is 10.0. The van der Waals surface area contributed by atoms with Crippen molar-refractivity contribution in [2.45, 2.75) is 13.5 Å². The van der Waals surface area contributed by atoms with Crippen LogP contribution in [0.25, 0.3) is 22.6 Å². The van der Waals surface area contributed by atoms with E-state index in [2.05, 4.69) is 9.72 Å². The van der Waals surface area contributed by atoms with Crippen LogP contribution in [-0.2, 0) is 0 Å². The zero-order valence-corrected chi connectivity index (χ0v) is 13.1. The Hall–Kier alpha value is -3.22. The van der Waals surface area contributed by atoms with Gasteiger partial charge in [-0.3, -0.25) is 0 Å². The molecule has 0 amide bonds. The van der Waals surface area contributed by atoms with Gasteiger partial charge in [-0.05, 0) is 30.7 Å². The average molecular weight is 345 g/mol. The number of carboxylic acids is 1. The Labute approximate surface area is 141 Å². The van der Waals surface area contributed by atoms with Crippen molar-refractivity contribution in [2.24, 2.45) is 0 Å². The quantitative estimate of drug-likeness (QED) is 0.731. The van der Waals surface area contributed by atoms with Crippen molar-refractivity contribution < 1.29 is 27.8 Å². The number of ether oxygens (including phenoxy) is 1. The Morgan fingerprint density at radius 3 is 2.48 bits per heavy atom. The summed E-state index contributed by atoms with van der Waals surface area (Å²) in [6, 6.07) is 13.3. The zero-order chi connectivity index (χ0) is 18.0. The number of hydrogen-bond donors (Lipinski definition) is 1. The molecule has 5 nitrogen and oxygen atoms in total. The van der Waals surface area contributed by atoms with E-state index in [1.165, 1.54) is 19.1 Å². The highest BCUT2D eigenvalue weighted by Crippen LogP contribution is 2.35. The third kappa shape index (κ3) is 3.50. The van der Waals surface area contributed by atoms with Crippen molar-refractivity contribution in [3.05, 3.63) is 60.0 Å². The van der Waals surface area contributed by atoms with E-state index in [4.69, 9.17) is 9.52 Å². The molecule has 1 aromatic heterocycles.